The number of hydrogen-bond acceptors (Lipinski definition) is 5. The van der Waals surface area contributed by atoms with Crippen LogP contribution in [0.3, 0.4) is 0 Å². The van der Waals surface area contributed by atoms with Gasteiger partial charge < -0.3 is 9.64 Å². The fraction of sp³-hybridized carbons (Fsp3) is 0.333. The van der Waals surface area contributed by atoms with E-state index in [0.29, 0.717) is 16.7 Å². The number of amidine groups is 1. The molecule has 0 atom stereocenters. The second kappa shape index (κ2) is 8.96. The Morgan fingerprint density at radius 1 is 1.13 bits per heavy atom. The van der Waals surface area contributed by atoms with Crippen molar-refractivity contribution < 1.29 is 9.53 Å². The van der Waals surface area contributed by atoms with Crippen LogP contribution in [0.1, 0.15) is 30.9 Å². The maximum absolute atomic E-state index is 12.8. The van der Waals surface area contributed by atoms with Crippen molar-refractivity contribution in [3.05, 3.63) is 58.5 Å². The fourth-order valence-corrected chi connectivity index (χ4v) is 4.66. The van der Waals surface area contributed by atoms with Crippen LogP contribution in [0.25, 0.3) is 6.08 Å². The molecule has 0 unspecified atom stereocenters. The summed E-state index contributed by atoms with van der Waals surface area (Å²) in [5.41, 5.74) is 4.32. The molecule has 2 aliphatic heterocycles. The Morgan fingerprint density at radius 3 is 2.53 bits per heavy atom. The Balaban J connectivity index is 1.53. The molecule has 30 heavy (non-hydrogen) atoms. The molecule has 4 rings (SSSR count). The Morgan fingerprint density at radius 2 is 1.87 bits per heavy atom. The number of amides is 1. The summed E-state index contributed by atoms with van der Waals surface area (Å²) < 4.78 is 5.47. The molecule has 0 aliphatic carbocycles. The number of likely N-dealkylation sites (N-methyl/N-ethyl adjacent to an activating group) is 1. The highest BCUT2D eigenvalue weighted by atomic mass is 32.2. The molecule has 5 nitrogen and oxygen atoms in total. The largest absolute Gasteiger partial charge is 0.494 e. The van der Waals surface area contributed by atoms with Crippen molar-refractivity contribution in [1.29, 1.82) is 0 Å². The lowest BCUT2D eigenvalue weighted by molar-refractivity contribution is -0.121. The van der Waals surface area contributed by atoms with Gasteiger partial charge >= 0.3 is 0 Å². The van der Waals surface area contributed by atoms with Crippen LogP contribution in [0.4, 0.5) is 11.4 Å². The molecule has 6 heteroatoms. The van der Waals surface area contributed by atoms with E-state index in [1.807, 2.05) is 37.3 Å². The standard InChI is InChI=1S/C24H27N3O2S/c1-4-29-21-11-8-19(9-12-21)25-24-26(3)23(28)22(30-24)16-18-7-10-20(15-17(18)2)27-13-5-6-14-27/h7-12,15-16H,4-6,13-14H2,1-3H3/b22-16-,25-24?. The summed E-state index contributed by atoms with van der Waals surface area (Å²) in [5, 5.41) is 0.682. The van der Waals surface area contributed by atoms with Gasteiger partial charge in [-0.05, 0) is 92.1 Å². The molecule has 2 aromatic carbocycles. The first-order chi connectivity index (χ1) is 14.5. The fourth-order valence-electron chi connectivity index (χ4n) is 3.68. The van der Waals surface area contributed by atoms with Crippen LogP contribution >= 0.6 is 11.8 Å². The van der Waals surface area contributed by atoms with Gasteiger partial charge in [0.2, 0.25) is 0 Å². The van der Waals surface area contributed by atoms with Gasteiger partial charge in [0.15, 0.2) is 5.17 Å². The summed E-state index contributed by atoms with van der Waals surface area (Å²) in [4.78, 5) is 22.1. The van der Waals surface area contributed by atoms with E-state index in [4.69, 9.17) is 4.74 Å². The SMILES string of the molecule is CCOc1ccc(N=C2S/C(=C\c3ccc(N4CCCC4)cc3C)C(=O)N2C)cc1. The monoisotopic (exact) mass is 421 g/mol. The molecule has 2 saturated heterocycles. The predicted octanol–water partition coefficient (Wildman–Crippen LogP) is 5.23. The number of ether oxygens (including phenoxy) is 1. The van der Waals surface area contributed by atoms with E-state index in [2.05, 4.69) is 35.0 Å². The van der Waals surface area contributed by atoms with Crippen molar-refractivity contribution in [3.63, 3.8) is 0 Å². The van der Waals surface area contributed by atoms with Crippen molar-refractivity contribution in [2.45, 2.75) is 26.7 Å². The van der Waals surface area contributed by atoms with E-state index in [9.17, 15) is 4.79 Å². The normalized spacial score (nSPS) is 19.4. The third kappa shape index (κ3) is 4.38. The summed E-state index contributed by atoms with van der Waals surface area (Å²) in [6.07, 6.45) is 4.50. The molecule has 2 fully saturated rings. The van der Waals surface area contributed by atoms with Crippen LogP contribution in [0.5, 0.6) is 5.75 Å². The zero-order chi connectivity index (χ0) is 21.1. The van der Waals surface area contributed by atoms with Gasteiger partial charge in [0.05, 0.1) is 17.2 Å². The molecule has 2 aliphatic rings. The number of aryl methyl sites for hydroxylation is 1. The highest BCUT2D eigenvalue weighted by Gasteiger charge is 2.30. The van der Waals surface area contributed by atoms with Gasteiger partial charge in [-0.3, -0.25) is 9.69 Å². The third-order valence-electron chi connectivity index (χ3n) is 5.39. The molecule has 156 valence electrons. The molecule has 0 aromatic heterocycles. The Bertz CT molecular complexity index is 992. The number of carbonyl (C=O) groups excluding carboxylic acids is 1. The highest BCUT2D eigenvalue weighted by Crippen LogP contribution is 2.34. The van der Waals surface area contributed by atoms with Gasteiger partial charge in [-0.25, -0.2) is 4.99 Å². The summed E-state index contributed by atoms with van der Waals surface area (Å²) in [6, 6.07) is 14.1. The molecule has 0 radical (unpaired) electrons. The topological polar surface area (TPSA) is 45.1 Å². The Kier molecular flexibility index (Phi) is 6.13. The number of rotatable bonds is 5. The smallest absolute Gasteiger partial charge is 0.266 e. The van der Waals surface area contributed by atoms with Gasteiger partial charge in [-0.1, -0.05) is 6.07 Å². The molecule has 0 bridgehead atoms. The summed E-state index contributed by atoms with van der Waals surface area (Å²) in [6.45, 7) is 6.95. The van der Waals surface area contributed by atoms with Crippen LogP contribution in [0, 0.1) is 6.92 Å². The van der Waals surface area contributed by atoms with E-state index in [1.54, 1.807) is 11.9 Å². The summed E-state index contributed by atoms with van der Waals surface area (Å²) >= 11 is 1.42. The maximum atomic E-state index is 12.8. The first-order valence-corrected chi connectivity index (χ1v) is 11.2. The van der Waals surface area contributed by atoms with E-state index in [1.165, 1.54) is 35.9 Å². The van der Waals surface area contributed by atoms with E-state index < -0.39 is 0 Å². The van der Waals surface area contributed by atoms with Crippen molar-refractivity contribution in [3.8, 4) is 5.75 Å². The molecule has 0 saturated carbocycles. The van der Waals surface area contributed by atoms with Crippen LogP contribution < -0.4 is 9.64 Å². The second-order valence-electron chi connectivity index (χ2n) is 7.53. The number of aliphatic imine (C=N–C) groups is 1. The molecular weight excluding hydrogens is 394 g/mol. The van der Waals surface area contributed by atoms with Crippen molar-refractivity contribution >= 4 is 40.3 Å². The Hall–Kier alpha value is -2.73. The van der Waals surface area contributed by atoms with E-state index in [-0.39, 0.29) is 5.91 Å². The molecule has 2 aromatic rings. The Labute approximate surface area is 182 Å². The van der Waals surface area contributed by atoms with Gasteiger partial charge in [0.1, 0.15) is 5.75 Å². The van der Waals surface area contributed by atoms with Crippen LogP contribution in [0.15, 0.2) is 52.4 Å². The number of carbonyl (C=O) groups is 1. The summed E-state index contributed by atoms with van der Waals surface area (Å²) in [7, 11) is 1.77. The van der Waals surface area contributed by atoms with Crippen molar-refractivity contribution in [2.24, 2.45) is 4.99 Å². The lowest BCUT2D eigenvalue weighted by Gasteiger charge is -2.18. The first kappa shape index (κ1) is 20.5. The minimum absolute atomic E-state index is 0.0206. The zero-order valence-corrected chi connectivity index (χ0v) is 18.5. The zero-order valence-electron chi connectivity index (χ0n) is 17.7. The van der Waals surface area contributed by atoms with Crippen LogP contribution in [-0.2, 0) is 4.79 Å². The van der Waals surface area contributed by atoms with Crippen molar-refractivity contribution in [2.75, 3.05) is 31.6 Å². The average molecular weight is 422 g/mol. The number of hydrogen-bond donors (Lipinski definition) is 0. The lowest BCUT2D eigenvalue weighted by Crippen LogP contribution is -2.23. The third-order valence-corrected chi connectivity index (χ3v) is 6.45. The molecule has 0 spiro atoms. The van der Waals surface area contributed by atoms with Crippen molar-refractivity contribution in [1.82, 2.24) is 4.90 Å². The van der Waals surface area contributed by atoms with E-state index >= 15 is 0 Å². The number of anilines is 1. The molecule has 2 heterocycles. The quantitative estimate of drug-likeness (QED) is 0.621. The van der Waals surface area contributed by atoms with Gasteiger partial charge in [-0.2, -0.15) is 0 Å². The maximum Gasteiger partial charge on any atom is 0.266 e. The van der Waals surface area contributed by atoms with Gasteiger partial charge in [0.25, 0.3) is 5.91 Å². The predicted molar refractivity (Wildman–Crippen MR) is 126 cm³/mol. The van der Waals surface area contributed by atoms with Gasteiger partial charge in [-0.15, -0.1) is 0 Å². The second-order valence-corrected chi connectivity index (χ2v) is 8.54. The molecular formula is C24H27N3O2S. The first-order valence-electron chi connectivity index (χ1n) is 10.4. The summed E-state index contributed by atoms with van der Waals surface area (Å²) in [5.74, 6) is 0.797. The average Bonchev–Trinajstić information content (AvgIpc) is 3.37. The van der Waals surface area contributed by atoms with E-state index in [0.717, 1.165) is 30.1 Å². The van der Waals surface area contributed by atoms with Crippen LogP contribution in [-0.4, -0.2) is 42.7 Å². The molecule has 0 N–H and O–H groups in total. The van der Waals surface area contributed by atoms with Gasteiger partial charge in [0, 0.05) is 25.8 Å². The number of thioether (sulfide) groups is 1. The minimum Gasteiger partial charge on any atom is -0.494 e. The number of benzene rings is 2. The molecule has 1 amide bonds. The highest BCUT2D eigenvalue weighted by molar-refractivity contribution is 8.18. The minimum atomic E-state index is -0.0206. The number of nitrogens with zero attached hydrogens (tertiary/aromatic N) is 3. The lowest BCUT2D eigenvalue weighted by atomic mass is 10.1. The van der Waals surface area contributed by atoms with Crippen LogP contribution in [0.2, 0.25) is 0 Å².